The minimum absolute atomic E-state index is 0.450. The minimum Gasteiger partial charge on any atom is -0.382 e. The smallest absolute Gasteiger partial charge is 0.0640 e. The molecule has 1 unspecified atom stereocenters. The normalized spacial score (nSPS) is 13.0. The molecule has 0 spiro atoms. The monoisotopic (exact) mass is 211 g/mol. The van der Waals surface area contributed by atoms with Gasteiger partial charge in [0.25, 0.3) is 0 Å². The lowest BCUT2D eigenvalue weighted by molar-refractivity contribution is 0.137. The highest BCUT2D eigenvalue weighted by atomic mass is 16.5. The zero-order valence-electron chi connectivity index (χ0n) is 9.86. The molecule has 0 aliphatic heterocycles. The molecule has 0 aromatic carbocycles. The Bertz CT molecular complexity index is 273. The topological polar surface area (TPSA) is 39.1 Å². The number of ether oxygens (including phenoxy) is 1. The molecule has 4 heteroatoms. The molecule has 1 aromatic rings. The number of hydrogen-bond donors (Lipinski definition) is 1. The standard InChI is InChI=1S/C11H21N3O/c1-4-15-8-6-10(12-2)9-11-5-7-14(3)13-11/h5,7,10,12H,4,6,8-9H2,1-3H3. The number of rotatable bonds is 7. The van der Waals surface area contributed by atoms with Crippen molar-refractivity contribution >= 4 is 0 Å². The molecule has 15 heavy (non-hydrogen) atoms. The SMILES string of the molecule is CCOCCC(Cc1ccn(C)n1)NC. The maximum Gasteiger partial charge on any atom is 0.0640 e. The second kappa shape index (κ2) is 6.58. The molecule has 0 amide bonds. The molecule has 0 fully saturated rings. The van der Waals surface area contributed by atoms with Gasteiger partial charge in [0.2, 0.25) is 0 Å². The van der Waals surface area contributed by atoms with Gasteiger partial charge in [0.05, 0.1) is 5.69 Å². The van der Waals surface area contributed by atoms with E-state index in [9.17, 15) is 0 Å². The summed E-state index contributed by atoms with van der Waals surface area (Å²) in [6, 6.07) is 2.51. The van der Waals surface area contributed by atoms with E-state index in [4.69, 9.17) is 4.74 Å². The molecule has 0 aliphatic carbocycles. The van der Waals surface area contributed by atoms with Crippen LogP contribution in [0.5, 0.6) is 0 Å². The van der Waals surface area contributed by atoms with E-state index in [0.29, 0.717) is 6.04 Å². The van der Waals surface area contributed by atoms with Gasteiger partial charge in [-0.2, -0.15) is 5.10 Å². The highest BCUT2D eigenvalue weighted by Crippen LogP contribution is 2.03. The van der Waals surface area contributed by atoms with Crippen LogP contribution in [0.3, 0.4) is 0 Å². The van der Waals surface area contributed by atoms with Crippen LogP contribution >= 0.6 is 0 Å². The molecule has 1 heterocycles. The molecule has 4 nitrogen and oxygen atoms in total. The summed E-state index contributed by atoms with van der Waals surface area (Å²) in [6.45, 7) is 3.63. The molecule has 1 rings (SSSR count). The Morgan fingerprint density at radius 3 is 2.93 bits per heavy atom. The molecule has 0 saturated carbocycles. The van der Waals surface area contributed by atoms with Crippen molar-refractivity contribution < 1.29 is 4.74 Å². The Hall–Kier alpha value is -0.870. The summed E-state index contributed by atoms with van der Waals surface area (Å²) in [5, 5.41) is 7.65. The Morgan fingerprint density at radius 2 is 2.40 bits per heavy atom. The summed E-state index contributed by atoms with van der Waals surface area (Å²) < 4.78 is 7.18. The molecule has 1 atom stereocenters. The number of likely N-dealkylation sites (N-methyl/N-ethyl adjacent to an activating group) is 1. The number of nitrogens with zero attached hydrogens (tertiary/aromatic N) is 2. The van der Waals surface area contributed by atoms with E-state index in [2.05, 4.69) is 16.5 Å². The molecule has 0 saturated heterocycles. The van der Waals surface area contributed by atoms with Crippen molar-refractivity contribution in [3.8, 4) is 0 Å². The summed E-state index contributed by atoms with van der Waals surface area (Å²) in [5.41, 5.74) is 1.13. The van der Waals surface area contributed by atoms with Gasteiger partial charge in [-0.1, -0.05) is 0 Å². The fourth-order valence-corrected chi connectivity index (χ4v) is 1.54. The number of nitrogens with one attached hydrogen (secondary N) is 1. The average molecular weight is 211 g/mol. The molecular formula is C11H21N3O. The molecule has 0 radical (unpaired) electrons. The van der Waals surface area contributed by atoms with E-state index in [-0.39, 0.29) is 0 Å². The zero-order valence-corrected chi connectivity index (χ0v) is 9.86. The van der Waals surface area contributed by atoms with Crippen LogP contribution in [0.15, 0.2) is 12.3 Å². The second-order valence-corrected chi connectivity index (χ2v) is 3.66. The fourth-order valence-electron chi connectivity index (χ4n) is 1.54. The van der Waals surface area contributed by atoms with E-state index in [1.807, 2.05) is 31.9 Å². The Morgan fingerprint density at radius 1 is 1.60 bits per heavy atom. The summed E-state index contributed by atoms with van der Waals surface area (Å²) in [6.07, 6.45) is 3.97. The predicted octanol–water partition coefficient (Wildman–Crippen LogP) is 0.977. The van der Waals surface area contributed by atoms with Crippen LogP contribution in [0.25, 0.3) is 0 Å². The first kappa shape index (κ1) is 12.2. The Balaban J connectivity index is 2.33. The molecule has 1 aromatic heterocycles. The zero-order chi connectivity index (χ0) is 11.1. The van der Waals surface area contributed by atoms with Gasteiger partial charge in [0.15, 0.2) is 0 Å². The van der Waals surface area contributed by atoms with E-state index < -0.39 is 0 Å². The number of aromatic nitrogens is 2. The third kappa shape index (κ3) is 4.44. The summed E-state index contributed by atoms with van der Waals surface area (Å²) in [4.78, 5) is 0. The molecule has 86 valence electrons. The molecule has 1 N–H and O–H groups in total. The van der Waals surface area contributed by atoms with Crippen molar-refractivity contribution in [2.75, 3.05) is 20.3 Å². The van der Waals surface area contributed by atoms with E-state index in [1.165, 1.54) is 0 Å². The van der Waals surface area contributed by atoms with Crippen molar-refractivity contribution in [3.05, 3.63) is 18.0 Å². The molecule has 0 aliphatic rings. The van der Waals surface area contributed by atoms with Gasteiger partial charge < -0.3 is 10.1 Å². The summed E-state index contributed by atoms with van der Waals surface area (Å²) in [5.74, 6) is 0. The second-order valence-electron chi connectivity index (χ2n) is 3.66. The predicted molar refractivity (Wildman–Crippen MR) is 60.9 cm³/mol. The maximum atomic E-state index is 5.34. The minimum atomic E-state index is 0.450. The van der Waals surface area contributed by atoms with Gasteiger partial charge in [0.1, 0.15) is 0 Å². The number of aryl methyl sites for hydroxylation is 1. The van der Waals surface area contributed by atoms with Crippen LogP contribution in [0.4, 0.5) is 0 Å². The van der Waals surface area contributed by atoms with Crippen LogP contribution in [0, 0.1) is 0 Å². The lowest BCUT2D eigenvalue weighted by Crippen LogP contribution is -2.29. The van der Waals surface area contributed by atoms with E-state index in [0.717, 1.165) is 31.7 Å². The van der Waals surface area contributed by atoms with Crippen LogP contribution < -0.4 is 5.32 Å². The van der Waals surface area contributed by atoms with Crippen LogP contribution in [0.2, 0.25) is 0 Å². The van der Waals surface area contributed by atoms with Crippen molar-refractivity contribution in [1.29, 1.82) is 0 Å². The number of hydrogen-bond acceptors (Lipinski definition) is 3. The fraction of sp³-hybridized carbons (Fsp3) is 0.727. The largest absolute Gasteiger partial charge is 0.382 e. The van der Waals surface area contributed by atoms with E-state index in [1.54, 1.807) is 0 Å². The Kier molecular flexibility index (Phi) is 5.36. The first-order chi connectivity index (χ1) is 7.26. The quantitative estimate of drug-likeness (QED) is 0.683. The van der Waals surface area contributed by atoms with Gasteiger partial charge >= 0.3 is 0 Å². The van der Waals surface area contributed by atoms with Gasteiger partial charge in [0, 0.05) is 38.9 Å². The van der Waals surface area contributed by atoms with Crippen molar-refractivity contribution in [2.45, 2.75) is 25.8 Å². The van der Waals surface area contributed by atoms with Gasteiger partial charge in [-0.15, -0.1) is 0 Å². The van der Waals surface area contributed by atoms with Crippen molar-refractivity contribution in [1.82, 2.24) is 15.1 Å². The maximum absolute atomic E-state index is 5.34. The van der Waals surface area contributed by atoms with Gasteiger partial charge in [-0.25, -0.2) is 0 Å². The van der Waals surface area contributed by atoms with Crippen molar-refractivity contribution in [3.63, 3.8) is 0 Å². The first-order valence-corrected chi connectivity index (χ1v) is 5.49. The van der Waals surface area contributed by atoms with Gasteiger partial charge in [-0.3, -0.25) is 4.68 Å². The lowest BCUT2D eigenvalue weighted by atomic mass is 10.1. The first-order valence-electron chi connectivity index (χ1n) is 5.49. The summed E-state index contributed by atoms with van der Waals surface area (Å²) in [7, 11) is 3.93. The molecular weight excluding hydrogens is 190 g/mol. The van der Waals surface area contributed by atoms with Crippen LogP contribution in [-0.2, 0) is 18.2 Å². The third-order valence-corrected chi connectivity index (χ3v) is 2.45. The van der Waals surface area contributed by atoms with E-state index >= 15 is 0 Å². The highest BCUT2D eigenvalue weighted by molar-refractivity contribution is 5.01. The Labute approximate surface area is 91.6 Å². The van der Waals surface area contributed by atoms with Crippen LogP contribution in [0.1, 0.15) is 19.0 Å². The summed E-state index contributed by atoms with van der Waals surface area (Å²) >= 11 is 0. The molecule has 0 bridgehead atoms. The average Bonchev–Trinajstić information content (AvgIpc) is 2.63. The van der Waals surface area contributed by atoms with Gasteiger partial charge in [-0.05, 0) is 26.5 Å². The lowest BCUT2D eigenvalue weighted by Gasteiger charge is -2.14. The van der Waals surface area contributed by atoms with Crippen LogP contribution in [-0.4, -0.2) is 36.1 Å². The highest BCUT2D eigenvalue weighted by Gasteiger charge is 2.08. The van der Waals surface area contributed by atoms with Crippen molar-refractivity contribution in [2.24, 2.45) is 7.05 Å². The third-order valence-electron chi connectivity index (χ3n) is 2.45.